The summed E-state index contributed by atoms with van der Waals surface area (Å²) in [5.41, 5.74) is 0.930. The molecule has 0 radical (unpaired) electrons. The lowest BCUT2D eigenvalue weighted by atomic mass is 10.1. The van der Waals surface area contributed by atoms with Gasteiger partial charge >= 0.3 is 7.60 Å². The molecule has 1 aliphatic heterocycles. The number of benzene rings is 1. The minimum atomic E-state index is -4.46. The number of unbranched alkanes of at least 4 members (excludes halogenated alkanes) is 6. The van der Waals surface area contributed by atoms with Crippen molar-refractivity contribution in [3.63, 3.8) is 0 Å². The Morgan fingerprint density at radius 3 is 1.71 bits per heavy atom. The van der Waals surface area contributed by atoms with E-state index in [-0.39, 0.29) is 18.0 Å². The molecule has 2 amide bonds. The standard InChI is InChI=1S/C18H27NO7P2/c20-17-15-10-6-7-11-16(15)18(21)19(17)12-8-4-2-1-3-5-9-13-27(22,23)14-28(24,25)26/h6-7,10-11H,1-5,8-9,12-14H2,(H,22,23)(H2,24,25,26). The van der Waals surface area contributed by atoms with Crippen molar-refractivity contribution in [3.05, 3.63) is 35.4 Å². The van der Waals surface area contributed by atoms with E-state index < -0.39 is 20.9 Å². The largest absolute Gasteiger partial charge is 0.344 e. The SMILES string of the molecule is O=C1c2ccccc2C(=O)N1CCCCCCCCCP(=O)(O)CP(=O)(O)O. The van der Waals surface area contributed by atoms with E-state index in [1.165, 1.54) is 4.90 Å². The summed E-state index contributed by atoms with van der Waals surface area (Å²) in [7, 11) is -8.23. The van der Waals surface area contributed by atoms with Crippen LogP contribution in [-0.4, -0.2) is 50.0 Å². The van der Waals surface area contributed by atoms with Crippen molar-refractivity contribution in [2.24, 2.45) is 0 Å². The average Bonchev–Trinajstić information content (AvgIpc) is 2.83. The summed E-state index contributed by atoms with van der Waals surface area (Å²) >= 11 is 0. The number of fused-ring (bicyclic) bond motifs is 1. The van der Waals surface area contributed by atoms with Gasteiger partial charge in [-0.3, -0.25) is 23.6 Å². The van der Waals surface area contributed by atoms with Gasteiger partial charge in [0.2, 0.25) is 7.37 Å². The van der Waals surface area contributed by atoms with Gasteiger partial charge in [0.25, 0.3) is 11.8 Å². The highest BCUT2D eigenvalue weighted by atomic mass is 31.2. The number of hydrogen-bond acceptors (Lipinski definition) is 4. The Bertz CT molecular complexity index is 770. The fourth-order valence-electron chi connectivity index (χ4n) is 3.31. The van der Waals surface area contributed by atoms with Crippen molar-refractivity contribution in [2.75, 3.05) is 18.6 Å². The molecule has 1 unspecified atom stereocenters. The number of nitrogens with zero attached hydrogens (tertiary/aromatic N) is 1. The monoisotopic (exact) mass is 431 g/mol. The smallest absolute Gasteiger partial charge is 0.335 e. The number of amides is 2. The Kier molecular flexibility index (Phi) is 8.17. The van der Waals surface area contributed by atoms with E-state index in [1.807, 2.05) is 0 Å². The quantitative estimate of drug-likeness (QED) is 0.262. The summed E-state index contributed by atoms with van der Waals surface area (Å²) in [6, 6.07) is 6.83. The molecule has 28 heavy (non-hydrogen) atoms. The Labute approximate surface area is 164 Å². The van der Waals surface area contributed by atoms with E-state index in [4.69, 9.17) is 9.79 Å². The van der Waals surface area contributed by atoms with Gasteiger partial charge in [0, 0.05) is 12.7 Å². The minimum Gasteiger partial charge on any atom is -0.344 e. The molecule has 1 aliphatic rings. The van der Waals surface area contributed by atoms with E-state index in [0.717, 1.165) is 38.5 Å². The first kappa shape index (κ1) is 23.0. The zero-order valence-electron chi connectivity index (χ0n) is 15.7. The molecule has 1 atom stereocenters. The normalized spacial score (nSPS) is 16.3. The molecule has 1 heterocycles. The van der Waals surface area contributed by atoms with Gasteiger partial charge in [0.15, 0.2) is 0 Å². The van der Waals surface area contributed by atoms with E-state index >= 15 is 0 Å². The first-order valence-electron chi connectivity index (χ1n) is 9.41. The van der Waals surface area contributed by atoms with E-state index in [0.29, 0.717) is 24.1 Å². The second-order valence-corrected chi connectivity index (χ2v) is 11.8. The molecule has 2 rings (SSSR count). The summed E-state index contributed by atoms with van der Waals surface area (Å²) in [6.45, 7) is 0.405. The topological polar surface area (TPSA) is 132 Å². The van der Waals surface area contributed by atoms with Gasteiger partial charge < -0.3 is 14.7 Å². The van der Waals surface area contributed by atoms with Crippen molar-refractivity contribution in [2.45, 2.75) is 44.9 Å². The lowest BCUT2D eigenvalue weighted by Gasteiger charge is -2.13. The second-order valence-electron chi connectivity index (χ2n) is 7.16. The molecular weight excluding hydrogens is 404 g/mol. The van der Waals surface area contributed by atoms with Crippen LogP contribution in [0.1, 0.15) is 65.7 Å². The van der Waals surface area contributed by atoms with Crippen LogP contribution in [0, 0.1) is 0 Å². The van der Waals surface area contributed by atoms with Crippen LogP contribution in [0.4, 0.5) is 0 Å². The molecule has 10 heteroatoms. The third-order valence-electron chi connectivity index (χ3n) is 4.67. The molecule has 1 aromatic carbocycles. The summed E-state index contributed by atoms with van der Waals surface area (Å²) in [4.78, 5) is 52.8. The van der Waals surface area contributed by atoms with Crippen LogP contribution in [0.15, 0.2) is 24.3 Å². The molecule has 3 N–H and O–H groups in total. The molecule has 0 saturated heterocycles. The highest BCUT2D eigenvalue weighted by molar-refractivity contribution is 7.72. The zero-order chi connectivity index (χ0) is 20.8. The lowest BCUT2D eigenvalue weighted by molar-refractivity contribution is 0.0651. The number of carbonyl (C=O) groups is 2. The van der Waals surface area contributed by atoms with Crippen LogP contribution < -0.4 is 0 Å². The first-order valence-corrected chi connectivity index (χ1v) is 13.2. The second kappa shape index (κ2) is 9.95. The fourth-order valence-corrected chi connectivity index (χ4v) is 6.90. The van der Waals surface area contributed by atoms with Gasteiger partial charge in [-0.15, -0.1) is 0 Å². The molecule has 0 aliphatic carbocycles. The Morgan fingerprint density at radius 2 is 1.21 bits per heavy atom. The summed E-state index contributed by atoms with van der Waals surface area (Å²) in [6.07, 6.45) is 5.45. The maximum atomic E-state index is 12.2. The van der Waals surface area contributed by atoms with Crippen LogP contribution in [0.2, 0.25) is 0 Å². The van der Waals surface area contributed by atoms with Gasteiger partial charge in [-0.1, -0.05) is 44.2 Å². The van der Waals surface area contributed by atoms with Gasteiger partial charge in [-0.05, 0) is 25.0 Å². The predicted octanol–water partition coefficient (Wildman–Crippen LogP) is 3.42. The van der Waals surface area contributed by atoms with Crippen molar-refractivity contribution in [3.8, 4) is 0 Å². The number of rotatable bonds is 12. The number of carbonyl (C=O) groups excluding carboxylic acids is 2. The summed E-state index contributed by atoms with van der Waals surface area (Å²) < 4.78 is 22.5. The maximum Gasteiger partial charge on any atom is 0.335 e. The fraction of sp³-hybridized carbons (Fsp3) is 0.556. The van der Waals surface area contributed by atoms with Crippen molar-refractivity contribution < 1.29 is 33.4 Å². The number of imide groups is 1. The van der Waals surface area contributed by atoms with Crippen LogP contribution in [-0.2, 0) is 9.13 Å². The van der Waals surface area contributed by atoms with Crippen LogP contribution in [0.25, 0.3) is 0 Å². The van der Waals surface area contributed by atoms with Crippen molar-refractivity contribution in [1.29, 1.82) is 0 Å². The maximum absolute atomic E-state index is 12.2. The molecule has 1 aromatic rings. The molecule has 8 nitrogen and oxygen atoms in total. The minimum absolute atomic E-state index is 0.0716. The zero-order valence-corrected chi connectivity index (χ0v) is 17.5. The molecule has 0 fully saturated rings. The highest BCUT2D eigenvalue weighted by Gasteiger charge is 2.34. The van der Waals surface area contributed by atoms with Crippen molar-refractivity contribution >= 4 is 26.8 Å². The molecule has 0 aromatic heterocycles. The highest BCUT2D eigenvalue weighted by Crippen LogP contribution is 2.54. The van der Waals surface area contributed by atoms with Gasteiger partial charge in [0.1, 0.15) is 5.90 Å². The van der Waals surface area contributed by atoms with Gasteiger partial charge in [-0.25, -0.2) is 0 Å². The van der Waals surface area contributed by atoms with Gasteiger partial charge in [0.05, 0.1) is 11.1 Å². The molecule has 0 spiro atoms. The third kappa shape index (κ3) is 6.94. The predicted molar refractivity (Wildman–Crippen MR) is 106 cm³/mol. The third-order valence-corrected chi connectivity index (χ3v) is 8.93. The lowest BCUT2D eigenvalue weighted by Crippen LogP contribution is -2.30. The Morgan fingerprint density at radius 1 is 0.750 bits per heavy atom. The molecular formula is C18H27NO7P2. The Balaban J connectivity index is 1.55. The van der Waals surface area contributed by atoms with Gasteiger partial charge in [-0.2, -0.15) is 0 Å². The van der Waals surface area contributed by atoms with Crippen LogP contribution in [0.5, 0.6) is 0 Å². The molecule has 0 bridgehead atoms. The molecule has 156 valence electrons. The first-order chi connectivity index (χ1) is 13.1. The van der Waals surface area contributed by atoms with E-state index in [9.17, 15) is 23.6 Å². The average molecular weight is 431 g/mol. The Hall–Kier alpha value is -1.30. The summed E-state index contributed by atoms with van der Waals surface area (Å²) in [5.74, 6) is -1.41. The van der Waals surface area contributed by atoms with E-state index in [2.05, 4.69) is 0 Å². The molecule has 0 saturated carbocycles. The number of hydrogen-bond donors (Lipinski definition) is 3. The van der Waals surface area contributed by atoms with E-state index in [1.54, 1.807) is 24.3 Å². The van der Waals surface area contributed by atoms with Crippen LogP contribution >= 0.6 is 15.0 Å². The van der Waals surface area contributed by atoms with Crippen LogP contribution in [0.3, 0.4) is 0 Å². The summed E-state index contributed by atoms with van der Waals surface area (Å²) in [5, 5.41) is 0. The van der Waals surface area contributed by atoms with Crippen molar-refractivity contribution in [1.82, 2.24) is 4.90 Å².